The Balaban J connectivity index is 1.84. The molecule has 1 aliphatic rings. The fourth-order valence-corrected chi connectivity index (χ4v) is 3.18. The van der Waals surface area contributed by atoms with Gasteiger partial charge < -0.3 is 14.5 Å². The molecule has 0 aliphatic carbocycles. The lowest BCUT2D eigenvalue weighted by Gasteiger charge is -2.46. The number of carbonyl (C=O) groups is 2. The van der Waals surface area contributed by atoms with Crippen LogP contribution in [0.15, 0.2) is 48.7 Å². The Hall–Kier alpha value is -2.89. The number of rotatable bonds is 3. The molecule has 2 heterocycles. The molecule has 0 N–H and O–H groups in total. The Bertz CT molecular complexity index is 772. The van der Waals surface area contributed by atoms with Crippen molar-refractivity contribution in [2.24, 2.45) is 0 Å². The van der Waals surface area contributed by atoms with Crippen molar-refractivity contribution in [3.05, 3.63) is 54.4 Å². The van der Waals surface area contributed by atoms with E-state index in [0.29, 0.717) is 12.2 Å². The average Bonchev–Trinajstić information content (AvgIpc) is 2.61. The van der Waals surface area contributed by atoms with E-state index < -0.39 is 5.54 Å². The second-order valence-electron chi connectivity index (χ2n) is 6.62. The summed E-state index contributed by atoms with van der Waals surface area (Å²) in [5, 5.41) is 0. The number of amides is 2. The van der Waals surface area contributed by atoms with E-state index in [4.69, 9.17) is 4.74 Å². The summed E-state index contributed by atoms with van der Waals surface area (Å²) in [5.41, 5.74) is 0.610. The Morgan fingerprint density at radius 1 is 1.16 bits per heavy atom. The summed E-state index contributed by atoms with van der Waals surface area (Å²) in [6.45, 7) is 4.37. The summed E-state index contributed by atoms with van der Waals surface area (Å²) in [6, 6.07) is 12.5. The third kappa shape index (κ3) is 3.33. The topological polar surface area (TPSA) is 62.7 Å². The van der Waals surface area contributed by atoms with E-state index in [-0.39, 0.29) is 18.4 Å². The van der Waals surface area contributed by atoms with E-state index in [1.54, 1.807) is 41.3 Å². The van der Waals surface area contributed by atoms with Crippen molar-refractivity contribution in [3.8, 4) is 5.75 Å². The molecule has 1 fully saturated rings. The molecule has 1 saturated heterocycles. The van der Waals surface area contributed by atoms with Gasteiger partial charge in [-0.3, -0.25) is 14.6 Å². The Morgan fingerprint density at radius 3 is 2.44 bits per heavy atom. The zero-order valence-corrected chi connectivity index (χ0v) is 14.6. The van der Waals surface area contributed by atoms with Crippen LogP contribution in [0, 0.1) is 0 Å². The van der Waals surface area contributed by atoms with Crippen LogP contribution < -0.4 is 9.64 Å². The second kappa shape index (κ2) is 6.55. The quantitative estimate of drug-likeness (QED) is 0.861. The number of anilines is 1. The molecule has 2 amide bonds. The molecule has 1 aromatic carbocycles. The normalized spacial score (nSPS) is 16.7. The van der Waals surface area contributed by atoms with E-state index in [2.05, 4.69) is 4.98 Å². The van der Waals surface area contributed by atoms with Crippen LogP contribution in [-0.4, -0.2) is 47.4 Å². The van der Waals surface area contributed by atoms with Crippen molar-refractivity contribution >= 4 is 17.5 Å². The van der Waals surface area contributed by atoms with E-state index in [9.17, 15) is 9.59 Å². The molecular formula is C19H21N3O3. The molecule has 130 valence electrons. The summed E-state index contributed by atoms with van der Waals surface area (Å²) in [6.07, 6.45) is 1.58. The first-order valence-electron chi connectivity index (χ1n) is 8.10. The molecule has 6 nitrogen and oxygen atoms in total. The van der Waals surface area contributed by atoms with Crippen LogP contribution in [0.5, 0.6) is 5.75 Å². The monoisotopic (exact) mass is 339 g/mol. The number of hydrogen-bond donors (Lipinski definition) is 0. The highest BCUT2D eigenvalue weighted by molar-refractivity contribution is 6.02. The maximum atomic E-state index is 12.8. The first-order chi connectivity index (χ1) is 11.9. The van der Waals surface area contributed by atoms with Crippen LogP contribution in [0.1, 0.15) is 24.3 Å². The van der Waals surface area contributed by atoms with Crippen LogP contribution in [0.4, 0.5) is 5.69 Å². The van der Waals surface area contributed by atoms with Gasteiger partial charge in [-0.05, 0) is 50.2 Å². The van der Waals surface area contributed by atoms with Crippen molar-refractivity contribution in [1.82, 2.24) is 9.88 Å². The number of benzene rings is 1. The number of pyridine rings is 1. The predicted molar refractivity (Wildman–Crippen MR) is 94.7 cm³/mol. The molecule has 0 saturated carbocycles. The van der Waals surface area contributed by atoms with Gasteiger partial charge in [-0.1, -0.05) is 6.07 Å². The molecule has 0 bridgehead atoms. The molecular weight excluding hydrogens is 318 g/mol. The number of methoxy groups -OCH3 is 1. The second-order valence-corrected chi connectivity index (χ2v) is 6.62. The zero-order valence-electron chi connectivity index (χ0n) is 14.6. The number of hydrogen-bond acceptors (Lipinski definition) is 4. The van der Waals surface area contributed by atoms with E-state index >= 15 is 0 Å². The van der Waals surface area contributed by atoms with E-state index in [1.807, 2.05) is 38.1 Å². The van der Waals surface area contributed by atoms with Crippen molar-refractivity contribution in [2.75, 3.05) is 25.1 Å². The van der Waals surface area contributed by atoms with Gasteiger partial charge in [0.1, 0.15) is 18.0 Å². The van der Waals surface area contributed by atoms with Gasteiger partial charge in [0.2, 0.25) is 5.91 Å². The third-order valence-corrected chi connectivity index (χ3v) is 4.26. The molecule has 25 heavy (non-hydrogen) atoms. The standard InChI is InChI=1S/C19H21N3O3/c1-19(2)13-21(18(24)16-6-4-5-11-20-16)12-17(23)22(19)14-7-9-15(25-3)10-8-14/h4-11H,12-13H2,1-3H3. The lowest BCUT2D eigenvalue weighted by atomic mass is 9.97. The molecule has 1 aliphatic heterocycles. The highest BCUT2D eigenvalue weighted by Gasteiger charge is 2.41. The Kier molecular flexibility index (Phi) is 4.44. The van der Waals surface area contributed by atoms with Gasteiger partial charge in [0.05, 0.1) is 12.6 Å². The smallest absolute Gasteiger partial charge is 0.272 e. The van der Waals surface area contributed by atoms with Gasteiger partial charge in [-0.25, -0.2) is 0 Å². The first kappa shape index (κ1) is 17.0. The Morgan fingerprint density at radius 2 is 1.88 bits per heavy atom. The maximum absolute atomic E-state index is 12.8. The predicted octanol–water partition coefficient (Wildman–Crippen LogP) is 2.36. The minimum atomic E-state index is -0.533. The number of carbonyl (C=O) groups excluding carboxylic acids is 2. The van der Waals surface area contributed by atoms with Crippen LogP contribution in [0.25, 0.3) is 0 Å². The highest BCUT2D eigenvalue weighted by atomic mass is 16.5. The minimum absolute atomic E-state index is 0.0326. The van der Waals surface area contributed by atoms with Crippen LogP contribution in [0.3, 0.4) is 0 Å². The van der Waals surface area contributed by atoms with E-state index in [0.717, 1.165) is 11.4 Å². The third-order valence-electron chi connectivity index (χ3n) is 4.26. The summed E-state index contributed by atoms with van der Waals surface area (Å²) in [4.78, 5) is 32.8. The average molecular weight is 339 g/mol. The lowest BCUT2D eigenvalue weighted by molar-refractivity contribution is -0.122. The minimum Gasteiger partial charge on any atom is -0.497 e. The molecule has 3 rings (SSSR count). The van der Waals surface area contributed by atoms with Crippen LogP contribution in [0.2, 0.25) is 0 Å². The van der Waals surface area contributed by atoms with Crippen molar-refractivity contribution in [1.29, 1.82) is 0 Å². The van der Waals surface area contributed by atoms with Crippen molar-refractivity contribution in [2.45, 2.75) is 19.4 Å². The molecule has 6 heteroatoms. The lowest BCUT2D eigenvalue weighted by Crippen LogP contribution is -2.63. The highest BCUT2D eigenvalue weighted by Crippen LogP contribution is 2.30. The van der Waals surface area contributed by atoms with Crippen LogP contribution >= 0.6 is 0 Å². The van der Waals surface area contributed by atoms with Crippen molar-refractivity contribution < 1.29 is 14.3 Å². The summed E-state index contributed by atoms with van der Waals surface area (Å²) in [7, 11) is 1.60. The zero-order chi connectivity index (χ0) is 18.0. The number of ether oxygens (including phenoxy) is 1. The number of aromatic nitrogens is 1. The van der Waals surface area contributed by atoms with Gasteiger partial charge in [0.25, 0.3) is 5.91 Å². The molecule has 0 unspecified atom stereocenters. The van der Waals surface area contributed by atoms with Crippen molar-refractivity contribution in [3.63, 3.8) is 0 Å². The molecule has 1 aromatic heterocycles. The SMILES string of the molecule is COc1ccc(N2C(=O)CN(C(=O)c3ccccn3)CC2(C)C)cc1. The molecule has 0 atom stereocenters. The van der Waals surface area contributed by atoms with E-state index in [1.165, 1.54) is 0 Å². The molecule has 2 aromatic rings. The fourth-order valence-electron chi connectivity index (χ4n) is 3.18. The summed E-state index contributed by atoms with van der Waals surface area (Å²) < 4.78 is 5.17. The Labute approximate surface area is 147 Å². The maximum Gasteiger partial charge on any atom is 0.272 e. The van der Waals surface area contributed by atoms with Gasteiger partial charge in [0, 0.05) is 18.4 Å². The summed E-state index contributed by atoms with van der Waals surface area (Å²) >= 11 is 0. The largest absolute Gasteiger partial charge is 0.497 e. The van der Waals surface area contributed by atoms with Gasteiger partial charge in [-0.2, -0.15) is 0 Å². The summed E-state index contributed by atoms with van der Waals surface area (Å²) in [5.74, 6) is 0.389. The van der Waals surface area contributed by atoms with Crippen LogP contribution in [-0.2, 0) is 4.79 Å². The van der Waals surface area contributed by atoms with Gasteiger partial charge >= 0.3 is 0 Å². The van der Waals surface area contributed by atoms with Gasteiger partial charge in [-0.15, -0.1) is 0 Å². The number of nitrogens with zero attached hydrogens (tertiary/aromatic N) is 3. The molecule has 0 spiro atoms. The first-order valence-corrected chi connectivity index (χ1v) is 8.10. The van der Waals surface area contributed by atoms with Gasteiger partial charge in [0.15, 0.2) is 0 Å². The number of piperazine rings is 1. The molecule has 0 radical (unpaired) electrons. The fraction of sp³-hybridized carbons (Fsp3) is 0.316.